The molecule has 0 saturated carbocycles. The number of aliphatic hydroxyl groups is 1. The molecule has 2 heterocycles. The molecule has 0 aliphatic carbocycles. The summed E-state index contributed by atoms with van der Waals surface area (Å²) >= 11 is 0. The molecule has 2 aromatic carbocycles. The number of aromatic nitrogens is 1. The smallest absolute Gasteiger partial charge is 0.251 e. The summed E-state index contributed by atoms with van der Waals surface area (Å²) in [5.74, 6) is 0.828. The van der Waals surface area contributed by atoms with Crippen molar-refractivity contribution < 1.29 is 14.6 Å². The zero-order chi connectivity index (χ0) is 20.9. The lowest BCUT2D eigenvalue weighted by molar-refractivity contribution is 0.0911. The number of benzene rings is 2. The number of ether oxygens (including phenoxy) is 1. The summed E-state index contributed by atoms with van der Waals surface area (Å²) < 4.78 is 5.47. The first-order valence-electron chi connectivity index (χ1n) is 10.5. The molecule has 1 aromatic heterocycles. The average Bonchev–Trinajstić information content (AvgIpc) is 3.26. The maximum Gasteiger partial charge on any atom is 0.251 e. The molecule has 1 amide bonds. The van der Waals surface area contributed by atoms with E-state index in [1.165, 1.54) is 0 Å². The van der Waals surface area contributed by atoms with Gasteiger partial charge in [-0.3, -0.25) is 4.79 Å². The number of hydrogen-bond acceptors (Lipinski definition) is 4. The second-order valence-corrected chi connectivity index (χ2v) is 7.88. The molecule has 0 unspecified atom stereocenters. The van der Waals surface area contributed by atoms with E-state index >= 15 is 0 Å². The first-order chi connectivity index (χ1) is 14.7. The van der Waals surface area contributed by atoms with Crippen molar-refractivity contribution >= 4 is 16.8 Å². The van der Waals surface area contributed by atoms with Crippen LogP contribution < -0.4 is 10.1 Å². The van der Waals surface area contributed by atoms with Crippen LogP contribution in [0.5, 0.6) is 5.75 Å². The van der Waals surface area contributed by atoms with Crippen molar-refractivity contribution in [2.45, 2.75) is 31.9 Å². The summed E-state index contributed by atoms with van der Waals surface area (Å²) in [4.78, 5) is 18.2. The number of amides is 1. The minimum atomic E-state index is -0.00782. The molecule has 3 aromatic rings. The standard InChI is InChI=1S/C24H29N3O3/c1-30-23-4-2-3-19(16-28)21(23)10-14-27-12-8-20(9-13-27)26-24(29)18-6-5-17-7-11-25-22(17)15-18/h2-7,11,15,20,25,28H,8-10,12-14,16H2,1H3,(H,26,29). The van der Waals surface area contributed by atoms with Gasteiger partial charge in [0.1, 0.15) is 5.75 Å². The van der Waals surface area contributed by atoms with Gasteiger partial charge in [0, 0.05) is 48.5 Å². The van der Waals surface area contributed by atoms with Gasteiger partial charge in [-0.05, 0) is 54.5 Å². The Labute approximate surface area is 176 Å². The maximum atomic E-state index is 12.6. The van der Waals surface area contributed by atoms with E-state index in [4.69, 9.17) is 4.74 Å². The molecule has 4 rings (SSSR count). The van der Waals surface area contributed by atoms with Crippen molar-refractivity contribution in [1.82, 2.24) is 15.2 Å². The Balaban J connectivity index is 1.28. The Morgan fingerprint density at radius 2 is 2.07 bits per heavy atom. The van der Waals surface area contributed by atoms with Crippen LogP contribution in [0, 0.1) is 0 Å². The third-order valence-electron chi connectivity index (χ3n) is 6.04. The molecule has 6 heteroatoms. The van der Waals surface area contributed by atoms with Crippen molar-refractivity contribution in [1.29, 1.82) is 0 Å². The lowest BCUT2D eigenvalue weighted by Gasteiger charge is -2.32. The van der Waals surface area contributed by atoms with Gasteiger partial charge in [0.05, 0.1) is 13.7 Å². The van der Waals surface area contributed by atoms with Crippen molar-refractivity contribution in [3.63, 3.8) is 0 Å². The molecule has 0 spiro atoms. The number of nitrogens with one attached hydrogen (secondary N) is 2. The number of aromatic amines is 1. The number of aliphatic hydroxyl groups excluding tert-OH is 1. The minimum Gasteiger partial charge on any atom is -0.496 e. The van der Waals surface area contributed by atoms with E-state index < -0.39 is 0 Å². The minimum absolute atomic E-state index is 0.00782. The fourth-order valence-electron chi connectivity index (χ4n) is 4.26. The lowest BCUT2D eigenvalue weighted by Crippen LogP contribution is -2.45. The normalized spacial score (nSPS) is 15.4. The van der Waals surface area contributed by atoms with E-state index in [-0.39, 0.29) is 18.6 Å². The molecule has 0 radical (unpaired) electrons. The fraction of sp³-hybridized carbons (Fsp3) is 0.375. The zero-order valence-corrected chi connectivity index (χ0v) is 17.4. The monoisotopic (exact) mass is 407 g/mol. The van der Waals surface area contributed by atoms with Gasteiger partial charge in [0.15, 0.2) is 0 Å². The third-order valence-corrected chi connectivity index (χ3v) is 6.04. The largest absolute Gasteiger partial charge is 0.496 e. The third kappa shape index (κ3) is 4.50. The van der Waals surface area contributed by atoms with Gasteiger partial charge in [-0.25, -0.2) is 0 Å². The molecule has 1 saturated heterocycles. The van der Waals surface area contributed by atoms with Crippen molar-refractivity contribution in [2.75, 3.05) is 26.7 Å². The first kappa shape index (κ1) is 20.4. The number of fused-ring (bicyclic) bond motifs is 1. The number of piperidine rings is 1. The SMILES string of the molecule is COc1cccc(CO)c1CCN1CCC(NC(=O)c2ccc3cc[nH]c3c2)CC1. The molecule has 0 bridgehead atoms. The van der Waals surface area contributed by atoms with E-state index in [9.17, 15) is 9.90 Å². The highest BCUT2D eigenvalue weighted by atomic mass is 16.5. The van der Waals surface area contributed by atoms with Gasteiger partial charge in [-0.1, -0.05) is 18.2 Å². The Bertz CT molecular complexity index is 984. The Morgan fingerprint density at radius 3 is 2.83 bits per heavy atom. The van der Waals surface area contributed by atoms with Gasteiger partial charge < -0.3 is 25.0 Å². The zero-order valence-electron chi connectivity index (χ0n) is 17.4. The summed E-state index contributed by atoms with van der Waals surface area (Å²) in [5.41, 5.74) is 3.68. The number of nitrogens with zero attached hydrogens (tertiary/aromatic N) is 1. The van der Waals surface area contributed by atoms with Crippen LogP contribution in [0.15, 0.2) is 48.7 Å². The van der Waals surface area contributed by atoms with Crippen LogP contribution in [0.4, 0.5) is 0 Å². The van der Waals surface area contributed by atoms with Crippen molar-refractivity contribution in [2.24, 2.45) is 0 Å². The van der Waals surface area contributed by atoms with Crippen LogP contribution in [0.2, 0.25) is 0 Å². The van der Waals surface area contributed by atoms with Gasteiger partial charge in [-0.15, -0.1) is 0 Å². The van der Waals surface area contributed by atoms with Crippen LogP contribution in [0.1, 0.15) is 34.3 Å². The molecule has 1 aliphatic rings. The summed E-state index contributed by atoms with van der Waals surface area (Å²) in [5, 5.41) is 13.9. The van der Waals surface area contributed by atoms with Crippen molar-refractivity contribution in [3.05, 3.63) is 65.4 Å². The van der Waals surface area contributed by atoms with E-state index in [1.54, 1.807) is 7.11 Å². The number of H-pyrrole nitrogens is 1. The lowest BCUT2D eigenvalue weighted by atomic mass is 10.0. The summed E-state index contributed by atoms with van der Waals surface area (Å²) in [7, 11) is 1.67. The second kappa shape index (κ2) is 9.32. The van der Waals surface area contributed by atoms with Gasteiger partial charge in [0.2, 0.25) is 0 Å². The highest BCUT2D eigenvalue weighted by molar-refractivity contribution is 5.98. The van der Waals surface area contributed by atoms with Crippen LogP contribution in [0.25, 0.3) is 10.9 Å². The first-order valence-corrected chi connectivity index (χ1v) is 10.5. The average molecular weight is 408 g/mol. The second-order valence-electron chi connectivity index (χ2n) is 7.88. The number of rotatable bonds is 7. The Morgan fingerprint density at radius 1 is 1.23 bits per heavy atom. The predicted octanol–water partition coefficient (Wildman–Crippen LogP) is 3.11. The molecule has 30 heavy (non-hydrogen) atoms. The van der Waals surface area contributed by atoms with Crippen LogP contribution >= 0.6 is 0 Å². The summed E-state index contributed by atoms with van der Waals surface area (Å²) in [6, 6.07) is 13.8. The molecule has 0 atom stereocenters. The topological polar surface area (TPSA) is 77.6 Å². The quantitative estimate of drug-likeness (QED) is 0.562. The number of likely N-dealkylation sites (tertiary alicyclic amines) is 1. The number of carbonyl (C=O) groups excluding carboxylic acids is 1. The van der Waals surface area contributed by atoms with Gasteiger partial charge in [-0.2, -0.15) is 0 Å². The highest BCUT2D eigenvalue weighted by Crippen LogP contribution is 2.24. The Hall–Kier alpha value is -2.83. The molecular formula is C24H29N3O3. The van der Waals surface area contributed by atoms with E-state index in [1.807, 2.05) is 48.7 Å². The van der Waals surface area contributed by atoms with Gasteiger partial charge >= 0.3 is 0 Å². The summed E-state index contributed by atoms with van der Waals surface area (Å²) in [6.45, 7) is 2.83. The van der Waals surface area contributed by atoms with Gasteiger partial charge in [0.25, 0.3) is 5.91 Å². The number of carbonyl (C=O) groups is 1. The van der Waals surface area contributed by atoms with E-state index in [2.05, 4.69) is 15.2 Å². The molecular weight excluding hydrogens is 378 g/mol. The van der Waals surface area contributed by atoms with Crippen molar-refractivity contribution in [3.8, 4) is 5.75 Å². The summed E-state index contributed by atoms with van der Waals surface area (Å²) in [6.07, 6.45) is 4.61. The molecule has 1 fully saturated rings. The highest BCUT2D eigenvalue weighted by Gasteiger charge is 2.22. The maximum absolute atomic E-state index is 12.6. The van der Waals surface area contributed by atoms with Crippen LogP contribution in [0.3, 0.4) is 0 Å². The Kier molecular flexibility index (Phi) is 6.35. The van der Waals surface area contributed by atoms with E-state index in [0.717, 1.165) is 66.7 Å². The van der Waals surface area contributed by atoms with Crippen LogP contribution in [-0.2, 0) is 13.0 Å². The van der Waals surface area contributed by atoms with E-state index in [0.29, 0.717) is 5.56 Å². The molecule has 3 N–H and O–H groups in total. The molecule has 1 aliphatic heterocycles. The number of hydrogen-bond donors (Lipinski definition) is 3. The molecule has 158 valence electrons. The number of methoxy groups -OCH3 is 1. The predicted molar refractivity (Wildman–Crippen MR) is 118 cm³/mol. The van der Waals surface area contributed by atoms with Crippen LogP contribution in [-0.4, -0.2) is 53.7 Å². The molecule has 6 nitrogen and oxygen atoms in total. The fourth-order valence-corrected chi connectivity index (χ4v) is 4.26.